The number of benzene rings is 2. The Kier molecular flexibility index (Phi) is 5.62. The van der Waals surface area contributed by atoms with Crippen LogP contribution in [0.25, 0.3) is 11.3 Å². The Morgan fingerprint density at radius 2 is 1.79 bits per heavy atom. The Labute approximate surface area is 192 Å². The zero-order valence-corrected chi connectivity index (χ0v) is 18.7. The van der Waals surface area contributed by atoms with E-state index in [0.29, 0.717) is 28.4 Å². The summed E-state index contributed by atoms with van der Waals surface area (Å²) in [6.45, 7) is 1.88. The van der Waals surface area contributed by atoms with Gasteiger partial charge in [-0.15, -0.1) is 0 Å². The van der Waals surface area contributed by atoms with Crippen molar-refractivity contribution in [2.24, 2.45) is 0 Å². The lowest BCUT2D eigenvalue weighted by molar-refractivity contribution is 0.102. The number of amides is 2. The SMILES string of the molecule is Cc1ccccc1C(=O)Nc1ccc(-c2cc(C3CCCC3)n(C(=O)NC3CC3)n2)c(O)c1. The molecule has 1 aromatic heterocycles. The molecule has 170 valence electrons. The molecule has 3 N–H and O–H groups in total. The van der Waals surface area contributed by atoms with Crippen molar-refractivity contribution in [1.82, 2.24) is 15.1 Å². The fourth-order valence-electron chi connectivity index (χ4n) is 4.52. The van der Waals surface area contributed by atoms with Gasteiger partial charge in [-0.2, -0.15) is 9.78 Å². The fourth-order valence-corrected chi connectivity index (χ4v) is 4.52. The minimum atomic E-state index is -0.232. The van der Waals surface area contributed by atoms with Gasteiger partial charge >= 0.3 is 6.03 Å². The van der Waals surface area contributed by atoms with E-state index in [4.69, 9.17) is 0 Å². The molecular weight excluding hydrogens is 416 g/mol. The number of aryl methyl sites for hydroxylation is 1. The van der Waals surface area contributed by atoms with Crippen LogP contribution in [-0.2, 0) is 0 Å². The van der Waals surface area contributed by atoms with Crippen LogP contribution in [0.2, 0.25) is 0 Å². The third-order valence-electron chi connectivity index (χ3n) is 6.53. The first-order valence-electron chi connectivity index (χ1n) is 11.6. The Bertz CT molecular complexity index is 1210. The summed E-state index contributed by atoms with van der Waals surface area (Å²) < 4.78 is 1.48. The average Bonchev–Trinajstić information content (AvgIpc) is 3.25. The van der Waals surface area contributed by atoms with Crippen LogP contribution in [-0.4, -0.2) is 32.9 Å². The number of hydrogen-bond donors (Lipinski definition) is 3. The largest absolute Gasteiger partial charge is 0.507 e. The summed E-state index contributed by atoms with van der Waals surface area (Å²) in [6.07, 6.45) is 6.39. The van der Waals surface area contributed by atoms with E-state index >= 15 is 0 Å². The Hall–Kier alpha value is -3.61. The summed E-state index contributed by atoms with van der Waals surface area (Å²) in [5.74, 6) is 0.0682. The van der Waals surface area contributed by atoms with E-state index in [2.05, 4.69) is 15.7 Å². The topological polar surface area (TPSA) is 96.3 Å². The molecule has 0 aliphatic heterocycles. The molecule has 0 atom stereocenters. The molecule has 0 saturated heterocycles. The summed E-state index contributed by atoms with van der Waals surface area (Å²) in [4.78, 5) is 25.4. The first-order chi connectivity index (χ1) is 16.0. The Morgan fingerprint density at radius 1 is 1.03 bits per heavy atom. The molecule has 2 fully saturated rings. The van der Waals surface area contributed by atoms with Gasteiger partial charge in [0.2, 0.25) is 0 Å². The molecule has 3 aromatic rings. The van der Waals surface area contributed by atoms with Gasteiger partial charge < -0.3 is 15.7 Å². The second-order valence-electron chi connectivity index (χ2n) is 9.07. The van der Waals surface area contributed by atoms with Gasteiger partial charge in [-0.25, -0.2) is 4.79 Å². The highest BCUT2D eigenvalue weighted by Crippen LogP contribution is 2.38. The van der Waals surface area contributed by atoms with Crippen molar-refractivity contribution in [3.8, 4) is 17.0 Å². The van der Waals surface area contributed by atoms with Gasteiger partial charge in [0.1, 0.15) is 5.75 Å². The van der Waals surface area contributed by atoms with Crippen LogP contribution < -0.4 is 10.6 Å². The van der Waals surface area contributed by atoms with Crippen LogP contribution >= 0.6 is 0 Å². The number of aromatic nitrogens is 2. The number of phenolic OH excluding ortho intramolecular Hbond substituents is 1. The summed E-state index contributed by atoms with van der Waals surface area (Å²) in [5, 5.41) is 21.2. The number of rotatable bonds is 5. The molecule has 33 heavy (non-hydrogen) atoms. The molecule has 0 radical (unpaired) electrons. The first-order valence-corrected chi connectivity index (χ1v) is 11.6. The molecule has 0 spiro atoms. The van der Waals surface area contributed by atoms with Crippen LogP contribution in [0.1, 0.15) is 66.1 Å². The van der Waals surface area contributed by atoms with E-state index in [1.807, 2.05) is 31.2 Å². The lowest BCUT2D eigenvalue weighted by Gasteiger charge is -2.11. The molecule has 1 heterocycles. The third kappa shape index (κ3) is 4.49. The number of carbonyl (C=O) groups excluding carboxylic acids is 2. The quantitative estimate of drug-likeness (QED) is 0.504. The number of aromatic hydroxyl groups is 1. The molecule has 0 unspecified atom stereocenters. The van der Waals surface area contributed by atoms with E-state index in [1.165, 1.54) is 10.7 Å². The van der Waals surface area contributed by atoms with Crippen molar-refractivity contribution < 1.29 is 14.7 Å². The summed E-state index contributed by atoms with van der Waals surface area (Å²) in [5.41, 5.74) is 3.94. The van der Waals surface area contributed by atoms with Crippen LogP contribution in [0.15, 0.2) is 48.5 Å². The second kappa shape index (κ2) is 8.73. The fraction of sp³-hybridized carbons (Fsp3) is 0.346. The molecule has 2 amide bonds. The molecule has 7 heteroatoms. The van der Waals surface area contributed by atoms with E-state index in [-0.39, 0.29) is 23.7 Å². The maximum absolute atomic E-state index is 12.8. The number of nitrogens with zero attached hydrogens (tertiary/aromatic N) is 2. The van der Waals surface area contributed by atoms with Gasteiger partial charge in [0.15, 0.2) is 0 Å². The zero-order chi connectivity index (χ0) is 22.9. The molecule has 5 rings (SSSR count). The van der Waals surface area contributed by atoms with Gasteiger partial charge in [0.05, 0.1) is 11.4 Å². The summed E-state index contributed by atoms with van der Waals surface area (Å²) in [7, 11) is 0. The highest BCUT2D eigenvalue weighted by molar-refractivity contribution is 6.05. The van der Waals surface area contributed by atoms with Crippen molar-refractivity contribution in [3.63, 3.8) is 0 Å². The van der Waals surface area contributed by atoms with Gasteiger partial charge in [-0.1, -0.05) is 31.0 Å². The summed E-state index contributed by atoms with van der Waals surface area (Å²) in [6, 6.07) is 14.3. The van der Waals surface area contributed by atoms with Crippen LogP contribution in [0.4, 0.5) is 10.5 Å². The molecule has 2 saturated carbocycles. The van der Waals surface area contributed by atoms with Gasteiger partial charge in [0, 0.05) is 34.8 Å². The molecule has 2 aliphatic carbocycles. The molecule has 2 aromatic carbocycles. The van der Waals surface area contributed by atoms with Crippen molar-refractivity contribution in [2.45, 2.75) is 57.4 Å². The highest BCUT2D eigenvalue weighted by atomic mass is 16.3. The number of anilines is 1. The maximum Gasteiger partial charge on any atom is 0.342 e. The van der Waals surface area contributed by atoms with Gasteiger partial charge in [-0.3, -0.25) is 4.79 Å². The monoisotopic (exact) mass is 444 g/mol. The zero-order valence-electron chi connectivity index (χ0n) is 18.7. The molecular formula is C26H28N4O3. The predicted molar refractivity (Wildman–Crippen MR) is 127 cm³/mol. The lowest BCUT2D eigenvalue weighted by atomic mass is 10.0. The number of hydrogen-bond acceptors (Lipinski definition) is 4. The number of nitrogens with one attached hydrogen (secondary N) is 2. The van der Waals surface area contributed by atoms with Gasteiger partial charge in [0.25, 0.3) is 5.91 Å². The minimum Gasteiger partial charge on any atom is -0.507 e. The van der Waals surface area contributed by atoms with Crippen molar-refractivity contribution >= 4 is 17.6 Å². The smallest absolute Gasteiger partial charge is 0.342 e. The standard InChI is InChI=1S/C26H28N4O3/c1-16-6-2-5-9-20(16)25(32)27-19-12-13-21(24(31)14-19)22-15-23(17-7-3-4-8-17)30(29-22)26(33)28-18-10-11-18/h2,5-6,9,12-15,17-18,31H,3-4,7-8,10-11H2,1H3,(H,27,32)(H,28,33). The Morgan fingerprint density at radius 3 is 2.48 bits per heavy atom. The molecule has 7 nitrogen and oxygen atoms in total. The number of phenols is 1. The van der Waals surface area contributed by atoms with Gasteiger partial charge in [-0.05, 0) is 62.4 Å². The summed E-state index contributed by atoms with van der Waals surface area (Å²) >= 11 is 0. The van der Waals surface area contributed by atoms with Crippen LogP contribution in [0, 0.1) is 6.92 Å². The third-order valence-corrected chi connectivity index (χ3v) is 6.53. The predicted octanol–water partition coefficient (Wildman–Crippen LogP) is 5.19. The minimum absolute atomic E-state index is 0.00260. The average molecular weight is 445 g/mol. The normalized spacial score (nSPS) is 16.0. The lowest BCUT2D eigenvalue weighted by Crippen LogP contribution is -2.32. The molecule has 2 aliphatic rings. The Balaban J connectivity index is 1.41. The van der Waals surface area contributed by atoms with Crippen molar-refractivity contribution in [2.75, 3.05) is 5.32 Å². The maximum atomic E-state index is 12.8. The van der Waals surface area contributed by atoms with Crippen molar-refractivity contribution in [1.29, 1.82) is 0 Å². The highest BCUT2D eigenvalue weighted by Gasteiger charge is 2.29. The van der Waals surface area contributed by atoms with Crippen LogP contribution in [0.5, 0.6) is 5.75 Å². The van der Waals surface area contributed by atoms with E-state index in [1.54, 1.807) is 18.2 Å². The first kappa shape index (κ1) is 21.2. The molecule has 0 bridgehead atoms. The van der Waals surface area contributed by atoms with E-state index < -0.39 is 0 Å². The number of carbonyl (C=O) groups is 2. The second-order valence-corrected chi connectivity index (χ2v) is 9.07. The van der Waals surface area contributed by atoms with Crippen LogP contribution in [0.3, 0.4) is 0 Å². The van der Waals surface area contributed by atoms with E-state index in [0.717, 1.165) is 49.8 Å². The van der Waals surface area contributed by atoms with Crippen molar-refractivity contribution in [3.05, 3.63) is 65.4 Å². The van der Waals surface area contributed by atoms with E-state index in [9.17, 15) is 14.7 Å².